The van der Waals surface area contributed by atoms with Crippen LogP contribution in [0.25, 0.3) is 10.2 Å². The Bertz CT molecular complexity index is 599. The molecule has 0 fully saturated rings. The van der Waals surface area contributed by atoms with Gasteiger partial charge >= 0.3 is 0 Å². The highest BCUT2D eigenvalue weighted by Gasteiger charge is 2.22. The van der Waals surface area contributed by atoms with Crippen molar-refractivity contribution >= 4 is 27.4 Å². The summed E-state index contributed by atoms with van der Waals surface area (Å²) in [6.07, 6.45) is 5.97. The molecule has 0 spiro atoms. The van der Waals surface area contributed by atoms with Crippen molar-refractivity contribution in [2.24, 2.45) is 0 Å². The van der Waals surface area contributed by atoms with Gasteiger partial charge in [-0.2, -0.15) is 0 Å². The van der Waals surface area contributed by atoms with E-state index in [0.717, 1.165) is 24.5 Å². The van der Waals surface area contributed by atoms with Crippen LogP contribution in [-0.2, 0) is 12.8 Å². The number of anilines is 1. The molecular formula is C15H21N3S. The Labute approximate surface area is 118 Å². The molecule has 0 amide bonds. The van der Waals surface area contributed by atoms with Crippen molar-refractivity contribution in [2.75, 3.05) is 5.32 Å². The maximum Gasteiger partial charge on any atom is 0.139 e. The highest BCUT2D eigenvalue weighted by molar-refractivity contribution is 7.19. The molecule has 0 atom stereocenters. The fourth-order valence-corrected chi connectivity index (χ4v) is 4.20. The van der Waals surface area contributed by atoms with Gasteiger partial charge in [-0.1, -0.05) is 13.8 Å². The number of fused-ring (bicyclic) bond motifs is 3. The molecule has 0 aliphatic heterocycles. The Morgan fingerprint density at radius 3 is 2.74 bits per heavy atom. The zero-order valence-electron chi connectivity index (χ0n) is 11.9. The number of thiophene rings is 1. The second-order valence-corrected chi connectivity index (χ2v) is 6.40. The zero-order chi connectivity index (χ0) is 13.4. The van der Waals surface area contributed by atoms with Crippen LogP contribution in [0.5, 0.6) is 0 Å². The first-order chi connectivity index (χ1) is 9.22. The van der Waals surface area contributed by atoms with Gasteiger partial charge in [-0.3, -0.25) is 0 Å². The van der Waals surface area contributed by atoms with Crippen molar-refractivity contribution in [3.05, 3.63) is 16.3 Å². The lowest BCUT2D eigenvalue weighted by Crippen LogP contribution is -2.18. The molecule has 19 heavy (non-hydrogen) atoms. The molecule has 4 heteroatoms. The van der Waals surface area contributed by atoms with E-state index in [1.807, 2.05) is 18.3 Å². The highest BCUT2D eigenvalue weighted by atomic mass is 32.1. The molecule has 0 saturated carbocycles. The van der Waals surface area contributed by atoms with Gasteiger partial charge in [0.1, 0.15) is 16.5 Å². The second-order valence-electron chi connectivity index (χ2n) is 5.31. The minimum absolute atomic E-state index is 0.509. The van der Waals surface area contributed by atoms with Crippen molar-refractivity contribution in [1.82, 2.24) is 9.97 Å². The van der Waals surface area contributed by atoms with Gasteiger partial charge in [0.15, 0.2) is 0 Å². The number of nitrogens with one attached hydrogen (secondary N) is 1. The molecular weight excluding hydrogens is 254 g/mol. The first-order valence-corrected chi connectivity index (χ1v) is 8.10. The Hall–Kier alpha value is -1.16. The van der Waals surface area contributed by atoms with Crippen molar-refractivity contribution < 1.29 is 0 Å². The van der Waals surface area contributed by atoms with Gasteiger partial charge in [0.25, 0.3) is 0 Å². The van der Waals surface area contributed by atoms with Crippen LogP contribution < -0.4 is 5.32 Å². The van der Waals surface area contributed by atoms with Crippen LogP contribution in [0.15, 0.2) is 0 Å². The third-order valence-electron chi connectivity index (χ3n) is 4.00. The van der Waals surface area contributed by atoms with Crippen molar-refractivity contribution in [2.45, 2.75) is 58.9 Å². The maximum absolute atomic E-state index is 4.67. The average molecular weight is 275 g/mol. The molecule has 1 N–H and O–H groups in total. The summed E-state index contributed by atoms with van der Waals surface area (Å²) in [6, 6.07) is 0.509. The van der Waals surface area contributed by atoms with E-state index in [1.165, 1.54) is 39.9 Å². The molecule has 0 aromatic carbocycles. The summed E-state index contributed by atoms with van der Waals surface area (Å²) in [7, 11) is 0. The van der Waals surface area contributed by atoms with E-state index in [2.05, 4.69) is 29.1 Å². The van der Waals surface area contributed by atoms with Crippen molar-refractivity contribution in [1.29, 1.82) is 0 Å². The predicted molar refractivity (Wildman–Crippen MR) is 82.2 cm³/mol. The molecule has 0 saturated heterocycles. The molecule has 3 rings (SSSR count). The monoisotopic (exact) mass is 275 g/mol. The first kappa shape index (κ1) is 12.9. The molecule has 0 radical (unpaired) electrons. The Kier molecular flexibility index (Phi) is 3.44. The summed E-state index contributed by atoms with van der Waals surface area (Å²) in [5.74, 6) is 1.94. The standard InChI is InChI=1S/C15H21N3S/c1-4-10(5-2)18-14-13-11-7-6-8-12(11)19-15(13)17-9(3)16-14/h10H,4-8H2,1-3H3,(H,16,17,18). The fourth-order valence-electron chi connectivity index (χ4n) is 2.89. The van der Waals surface area contributed by atoms with Gasteiger partial charge in [0.2, 0.25) is 0 Å². The lowest BCUT2D eigenvalue weighted by Gasteiger charge is -2.16. The van der Waals surface area contributed by atoms with Gasteiger partial charge in [-0.15, -0.1) is 11.3 Å². The molecule has 3 nitrogen and oxygen atoms in total. The highest BCUT2D eigenvalue weighted by Crippen LogP contribution is 2.39. The van der Waals surface area contributed by atoms with Gasteiger partial charge in [-0.05, 0) is 44.6 Å². The van der Waals surface area contributed by atoms with E-state index in [-0.39, 0.29) is 0 Å². The fraction of sp³-hybridized carbons (Fsp3) is 0.600. The summed E-state index contributed by atoms with van der Waals surface area (Å²) in [5, 5.41) is 4.93. The van der Waals surface area contributed by atoms with Crippen molar-refractivity contribution in [3.8, 4) is 0 Å². The number of hydrogen-bond acceptors (Lipinski definition) is 4. The lowest BCUT2D eigenvalue weighted by atomic mass is 10.1. The zero-order valence-corrected chi connectivity index (χ0v) is 12.7. The molecule has 2 heterocycles. The summed E-state index contributed by atoms with van der Waals surface area (Å²) in [6.45, 7) is 6.44. The van der Waals surface area contributed by atoms with E-state index in [4.69, 9.17) is 0 Å². The number of rotatable bonds is 4. The largest absolute Gasteiger partial charge is 0.367 e. The quantitative estimate of drug-likeness (QED) is 0.913. The Morgan fingerprint density at radius 1 is 1.21 bits per heavy atom. The smallest absolute Gasteiger partial charge is 0.139 e. The predicted octanol–water partition coefficient (Wildman–Crippen LogP) is 4.09. The van der Waals surface area contributed by atoms with E-state index < -0.39 is 0 Å². The number of hydrogen-bond donors (Lipinski definition) is 1. The third-order valence-corrected chi connectivity index (χ3v) is 5.19. The van der Waals surface area contributed by atoms with Crippen LogP contribution in [0.1, 0.15) is 49.4 Å². The maximum atomic E-state index is 4.67. The average Bonchev–Trinajstić information content (AvgIpc) is 2.95. The van der Waals surface area contributed by atoms with Crippen LogP contribution in [-0.4, -0.2) is 16.0 Å². The topological polar surface area (TPSA) is 37.8 Å². The minimum Gasteiger partial charge on any atom is -0.367 e. The van der Waals surface area contributed by atoms with Crippen LogP contribution in [0.2, 0.25) is 0 Å². The Morgan fingerprint density at radius 2 is 2.00 bits per heavy atom. The van der Waals surface area contributed by atoms with Gasteiger partial charge in [0.05, 0.1) is 5.39 Å². The summed E-state index contributed by atoms with van der Waals surface area (Å²) in [5.41, 5.74) is 1.51. The molecule has 0 bridgehead atoms. The van der Waals surface area contributed by atoms with Gasteiger partial charge in [-0.25, -0.2) is 9.97 Å². The molecule has 1 aliphatic rings. The van der Waals surface area contributed by atoms with Crippen LogP contribution in [0.4, 0.5) is 5.82 Å². The summed E-state index contributed by atoms with van der Waals surface area (Å²) in [4.78, 5) is 12.0. The molecule has 102 valence electrons. The van der Waals surface area contributed by atoms with E-state index in [9.17, 15) is 0 Å². The normalized spacial score (nSPS) is 14.3. The van der Waals surface area contributed by atoms with E-state index in [1.54, 1.807) is 0 Å². The van der Waals surface area contributed by atoms with Gasteiger partial charge in [0, 0.05) is 10.9 Å². The summed E-state index contributed by atoms with van der Waals surface area (Å²) < 4.78 is 0. The molecule has 0 unspecified atom stereocenters. The van der Waals surface area contributed by atoms with Crippen LogP contribution in [0.3, 0.4) is 0 Å². The second kappa shape index (κ2) is 5.08. The summed E-state index contributed by atoms with van der Waals surface area (Å²) >= 11 is 1.87. The minimum atomic E-state index is 0.509. The number of nitrogens with zero attached hydrogens (tertiary/aromatic N) is 2. The van der Waals surface area contributed by atoms with E-state index in [0.29, 0.717) is 6.04 Å². The van der Waals surface area contributed by atoms with Gasteiger partial charge < -0.3 is 5.32 Å². The SMILES string of the molecule is CCC(CC)Nc1nc(C)nc2sc3c(c12)CCC3. The van der Waals surface area contributed by atoms with Crippen LogP contribution in [0, 0.1) is 6.92 Å². The van der Waals surface area contributed by atoms with Crippen LogP contribution >= 0.6 is 11.3 Å². The third kappa shape index (κ3) is 2.22. The molecule has 2 aromatic rings. The first-order valence-electron chi connectivity index (χ1n) is 7.28. The van der Waals surface area contributed by atoms with E-state index >= 15 is 0 Å². The molecule has 2 aromatic heterocycles. The molecule has 1 aliphatic carbocycles. The Balaban J connectivity index is 2.11. The number of aryl methyl sites for hydroxylation is 3. The lowest BCUT2D eigenvalue weighted by molar-refractivity contribution is 0.669. The van der Waals surface area contributed by atoms with Crippen molar-refractivity contribution in [3.63, 3.8) is 0 Å². The number of aromatic nitrogens is 2.